The number of hydrogen-bond donors (Lipinski definition) is 4. The molecule has 0 saturated heterocycles. The molecule has 34 heavy (non-hydrogen) atoms. The van der Waals surface area contributed by atoms with Crippen LogP contribution in [-0.2, 0) is 13.1 Å². The highest BCUT2D eigenvalue weighted by Gasteiger charge is 2.05. The molecule has 0 fully saturated rings. The van der Waals surface area contributed by atoms with Crippen LogP contribution in [0.15, 0.2) is 49.7 Å². The fraction of sp³-hybridized carbons (Fsp3) is 0.364. The van der Waals surface area contributed by atoms with Gasteiger partial charge in [-0.25, -0.2) is 29.9 Å². The third-order valence-corrected chi connectivity index (χ3v) is 4.91. The van der Waals surface area contributed by atoms with Gasteiger partial charge in [0.2, 0.25) is 11.9 Å². The van der Waals surface area contributed by atoms with E-state index >= 15 is 0 Å². The number of nitrogens with zero attached hydrogens (tertiary/aromatic N) is 8. The van der Waals surface area contributed by atoms with Gasteiger partial charge in [0.25, 0.3) is 0 Å². The maximum Gasteiger partial charge on any atom is 0.220 e. The molecule has 0 unspecified atom stereocenters. The maximum absolute atomic E-state index is 5.53. The minimum absolute atomic E-state index is 0.264. The summed E-state index contributed by atoms with van der Waals surface area (Å²) in [5, 5.41) is 0. The number of aryl methyl sites for hydroxylation is 2. The fourth-order valence-corrected chi connectivity index (χ4v) is 3.11. The van der Waals surface area contributed by atoms with E-state index in [0.29, 0.717) is 0 Å². The van der Waals surface area contributed by atoms with E-state index in [1.807, 2.05) is 27.9 Å². The van der Waals surface area contributed by atoms with Crippen molar-refractivity contribution in [1.29, 1.82) is 0 Å². The molecule has 0 aromatic carbocycles. The lowest BCUT2D eigenvalue weighted by molar-refractivity contribution is 0.614. The zero-order chi connectivity index (χ0) is 24.2. The lowest BCUT2D eigenvalue weighted by Gasteiger charge is -1.99. The van der Waals surface area contributed by atoms with E-state index < -0.39 is 0 Å². The van der Waals surface area contributed by atoms with Gasteiger partial charge < -0.3 is 32.1 Å². The molecule has 12 nitrogen and oxygen atoms in total. The number of rotatable bonds is 10. The van der Waals surface area contributed by atoms with Crippen LogP contribution in [0.2, 0.25) is 0 Å². The van der Waals surface area contributed by atoms with E-state index in [9.17, 15) is 0 Å². The summed E-state index contributed by atoms with van der Waals surface area (Å²) in [5.74, 6) is 0.538. The van der Waals surface area contributed by atoms with E-state index in [4.69, 9.17) is 22.9 Å². The van der Waals surface area contributed by atoms with Crippen LogP contribution in [0.4, 0.5) is 11.9 Å². The summed E-state index contributed by atoms with van der Waals surface area (Å²) in [7, 11) is 0. The van der Waals surface area contributed by atoms with Gasteiger partial charge in [0.05, 0.1) is 24.0 Å². The number of nitrogens with two attached hydrogens (primary N) is 4. The van der Waals surface area contributed by atoms with Crippen molar-refractivity contribution in [3.05, 3.63) is 49.7 Å². The molecule has 0 aliphatic rings. The van der Waals surface area contributed by atoms with Gasteiger partial charge in [-0.3, -0.25) is 0 Å². The van der Waals surface area contributed by atoms with E-state index in [0.717, 1.165) is 74.5 Å². The summed E-state index contributed by atoms with van der Waals surface area (Å²) in [6.07, 6.45) is 16.7. The minimum Gasteiger partial charge on any atom is -0.368 e. The third-order valence-electron chi connectivity index (χ3n) is 4.91. The van der Waals surface area contributed by atoms with E-state index in [1.54, 1.807) is 31.0 Å². The lowest BCUT2D eigenvalue weighted by atomic mass is 10.2. The van der Waals surface area contributed by atoms with Crippen LogP contribution in [0.3, 0.4) is 0 Å². The molecule has 4 aromatic rings. The van der Waals surface area contributed by atoms with Crippen molar-refractivity contribution in [2.45, 2.75) is 38.8 Å². The van der Waals surface area contributed by atoms with Gasteiger partial charge in [0, 0.05) is 49.6 Å². The molecular formula is C22H32N12. The van der Waals surface area contributed by atoms with Gasteiger partial charge in [-0.15, -0.1) is 0 Å². The molecule has 0 radical (unpaired) electrons. The van der Waals surface area contributed by atoms with Crippen LogP contribution in [0, 0.1) is 0 Å². The number of hydrogen-bond acceptors (Lipinski definition) is 10. The van der Waals surface area contributed by atoms with Crippen molar-refractivity contribution in [2.75, 3.05) is 24.6 Å². The first kappa shape index (κ1) is 24.7. The number of nitrogen functional groups attached to an aromatic ring is 2. The maximum atomic E-state index is 5.53. The van der Waals surface area contributed by atoms with E-state index in [-0.39, 0.29) is 11.9 Å². The van der Waals surface area contributed by atoms with Crippen molar-refractivity contribution in [3.8, 4) is 22.6 Å². The largest absolute Gasteiger partial charge is 0.368 e. The summed E-state index contributed by atoms with van der Waals surface area (Å²) in [5.41, 5.74) is 25.1. The molecule has 8 N–H and O–H groups in total. The number of imidazole rings is 2. The molecule has 4 aromatic heterocycles. The molecule has 0 spiro atoms. The Balaban J connectivity index is 0.000000191. The van der Waals surface area contributed by atoms with E-state index in [2.05, 4.69) is 29.9 Å². The molecule has 180 valence electrons. The Labute approximate surface area is 198 Å². The first-order chi connectivity index (χ1) is 16.6. The zero-order valence-corrected chi connectivity index (χ0v) is 19.2. The van der Waals surface area contributed by atoms with Crippen LogP contribution < -0.4 is 22.9 Å². The molecule has 4 heterocycles. The van der Waals surface area contributed by atoms with Crippen molar-refractivity contribution in [1.82, 2.24) is 39.0 Å². The summed E-state index contributed by atoms with van der Waals surface area (Å²) < 4.78 is 4.07. The molecular weight excluding hydrogens is 432 g/mol. The Kier molecular flexibility index (Phi) is 9.43. The third kappa shape index (κ3) is 7.60. The number of anilines is 2. The van der Waals surface area contributed by atoms with Crippen LogP contribution in [-0.4, -0.2) is 52.1 Å². The second-order valence-electron chi connectivity index (χ2n) is 7.62. The Hall–Kier alpha value is -3.90. The van der Waals surface area contributed by atoms with Gasteiger partial charge in [0.1, 0.15) is 5.69 Å². The molecule has 0 bridgehead atoms. The lowest BCUT2D eigenvalue weighted by Crippen LogP contribution is -2.01. The van der Waals surface area contributed by atoms with Gasteiger partial charge in [-0.05, 0) is 44.8 Å². The first-order valence-corrected chi connectivity index (χ1v) is 11.2. The smallest absolute Gasteiger partial charge is 0.220 e. The van der Waals surface area contributed by atoms with Crippen LogP contribution >= 0.6 is 0 Å². The summed E-state index contributed by atoms with van der Waals surface area (Å²) in [6.45, 7) is 3.31. The molecule has 0 aliphatic carbocycles. The molecule has 0 aliphatic heterocycles. The van der Waals surface area contributed by atoms with Crippen molar-refractivity contribution >= 4 is 11.9 Å². The van der Waals surface area contributed by atoms with E-state index in [1.165, 1.54) is 0 Å². The van der Waals surface area contributed by atoms with Crippen molar-refractivity contribution < 1.29 is 0 Å². The van der Waals surface area contributed by atoms with Gasteiger partial charge in [-0.2, -0.15) is 0 Å². The Morgan fingerprint density at radius 3 is 1.82 bits per heavy atom. The number of unbranched alkanes of at least 4 members (excludes halogenated alkanes) is 2. The molecule has 12 heteroatoms. The standard InChI is InChI=1S/2C11H16N6/c12-4-1-2-6-17-7-10(15-8-17)9-3-5-14-11(13)16-9;12-3-1-2-4-17-7-10(16-8-17)9-5-14-11(13)15-6-9/h3,5,7-8H,1-2,4,6,12H2,(H2,13,14,16);5-8H,1-4,12H2,(H2,13,14,15). The average molecular weight is 465 g/mol. The predicted molar refractivity (Wildman–Crippen MR) is 132 cm³/mol. The summed E-state index contributed by atoms with van der Waals surface area (Å²) >= 11 is 0. The summed E-state index contributed by atoms with van der Waals surface area (Å²) in [6, 6.07) is 1.79. The second kappa shape index (κ2) is 13.0. The molecule has 0 amide bonds. The summed E-state index contributed by atoms with van der Waals surface area (Å²) in [4.78, 5) is 24.5. The average Bonchev–Trinajstić information content (AvgIpc) is 3.51. The Morgan fingerprint density at radius 1 is 0.647 bits per heavy atom. The highest BCUT2D eigenvalue weighted by atomic mass is 15.1. The van der Waals surface area contributed by atoms with Crippen LogP contribution in [0.1, 0.15) is 25.7 Å². The van der Waals surface area contributed by atoms with Gasteiger partial charge in [0.15, 0.2) is 0 Å². The number of aromatic nitrogens is 8. The molecule has 4 rings (SSSR count). The normalized spacial score (nSPS) is 10.6. The molecule has 0 atom stereocenters. The SMILES string of the molecule is NCCCCn1cnc(-c2ccnc(N)n2)c1.NCCCCn1cnc(-c2cnc(N)nc2)c1. The Bertz CT molecular complexity index is 1120. The minimum atomic E-state index is 0.264. The predicted octanol–water partition coefficient (Wildman–Crippen LogP) is 1.32. The van der Waals surface area contributed by atoms with Crippen LogP contribution in [0.25, 0.3) is 22.6 Å². The second-order valence-corrected chi connectivity index (χ2v) is 7.62. The van der Waals surface area contributed by atoms with Crippen molar-refractivity contribution in [3.63, 3.8) is 0 Å². The van der Waals surface area contributed by atoms with Crippen molar-refractivity contribution in [2.24, 2.45) is 11.5 Å². The first-order valence-electron chi connectivity index (χ1n) is 11.2. The highest BCUT2D eigenvalue weighted by Crippen LogP contribution is 2.15. The van der Waals surface area contributed by atoms with Gasteiger partial charge in [-0.1, -0.05) is 0 Å². The molecule has 0 saturated carbocycles. The zero-order valence-electron chi connectivity index (χ0n) is 19.2. The van der Waals surface area contributed by atoms with Gasteiger partial charge >= 0.3 is 0 Å². The fourth-order valence-electron chi connectivity index (χ4n) is 3.11. The Morgan fingerprint density at radius 2 is 1.24 bits per heavy atom. The highest BCUT2D eigenvalue weighted by molar-refractivity contribution is 5.56. The monoisotopic (exact) mass is 464 g/mol. The topological polar surface area (TPSA) is 191 Å². The van der Waals surface area contributed by atoms with Crippen LogP contribution in [0.5, 0.6) is 0 Å². The quantitative estimate of drug-likeness (QED) is 0.249.